The number of methoxy groups -OCH3 is 1. The van der Waals surface area contributed by atoms with Gasteiger partial charge in [0.05, 0.1) is 17.7 Å². The zero-order chi connectivity index (χ0) is 23.8. The van der Waals surface area contributed by atoms with Crippen molar-refractivity contribution in [2.24, 2.45) is 5.92 Å². The number of benzene rings is 2. The van der Waals surface area contributed by atoms with Gasteiger partial charge in [0.2, 0.25) is 5.91 Å². The van der Waals surface area contributed by atoms with Crippen molar-refractivity contribution in [3.05, 3.63) is 71.3 Å². The molecule has 33 heavy (non-hydrogen) atoms. The average Bonchev–Trinajstić information content (AvgIpc) is 2.83. The van der Waals surface area contributed by atoms with Gasteiger partial charge in [-0.15, -0.1) is 0 Å². The Morgan fingerprint density at radius 3 is 2.15 bits per heavy atom. The second-order valence-electron chi connectivity index (χ2n) is 7.82. The van der Waals surface area contributed by atoms with Crippen LogP contribution in [0.15, 0.2) is 48.5 Å². The predicted molar refractivity (Wildman–Crippen MR) is 118 cm³/mol. The summed E-state index contributed by atoms with van der Waals surface area (Å²) in [7, 11) is 1.51. The summed E-state index contributed by atoms with van der Waals surface area (Å²) in [6.45, 7) is 1.16. The fraction of sp³-hybridized carbons (Fsp3) is 0.375. The van der Waals surface area contributed by atoms with Gasteiger partial charge in [-0.1, -0.05) is 24.3 Å². The molecule has 2 aromatic rings. The Labute approximate surface area is 191 Å². The average molecular weight is 459 g/mol. The molecule has 1 aliphatic rings. The van der Waals surface area contributed by atoms with Gasteiger partial charge < -0.3 is 20.3 Å². The summed E-state index contributed by atoms with van der Waals surface area (Å²) in [5, 5.41) is 5.38. The number of rotatable bonds is 8. The summed E-state index contributed by atoms with van der Waals surface area (Å²) in [4.78, 5) is 39.8. The lowest BCUT2D eigenvalue weighted by Gasteiger charge is -2.36. The van der Waals surface area contributed by atoms with Crippen LogP contribution in [-0.2, 0) is 9.53 Å². The highest BCUT2D eigenvalue weighted by Crippen LogP contribution is 2.24. The molecule has 7 nitrogen and oxygen atoms in total. The summed E-state index contributed by atoms with van der Waals surface area (Å²) in [6, 6.07) is 10.4. The van der Waals surface area contributed by atoms with E-state index in [0.717, 1.165) is 0 Å². The highest BCUT2D eigenvalue weighted by Gasteiger charge is 2.34. The van der Waals surface area contributed by atoms with E-state index in [-0.39, 0.29) is 23.6 Å². The van der Waals surface area contributed by atoms with Gasteiger partial charge in [-0.2, -0.15) is 0 Å². The smallest absolute Gasteiger partial charge is 0.256 e. The molecule has 0 spiro atoms. The van der Waals surface area contributed by atoms with E-state index >= 15 is 0 Å². The topological polar surface area (TPSA) is 87.7 Å². The monoisotopic (exact) mass is 459 g/mol. The molecule has 2 N–H and O–H groups in total. The minimum atomic E-state index is -0.917. The minimum Gasteiger partial charge on any atom is -0.383 e. The van der Waals surface area contributed by atoms with Crippen LogP contribution in [0.4, 0.5) is 8.78 Å². The molecule has 2 aromatic carbocycles. The Bertz CT molecular complexity index is 993. The number of nitrogens with one attached hydrogen (secondary N) is 2. The standard InChI is InChI=1S/C24H27F2N3O4/c1-33-15-12-27-23(31)21(28-22(30)17-6-2-4-8-19(17)25)16-10-13-29(14-11-16)24(32)18-7-3-5-9-20(18)26/h2-9,16,21H,10-15H2,1H3,(H,27,31)(H,28,30)/t21-/m0/s1. The molecule has 0 bridgehead atoms. The SMILES string of the molecule is COCCNC(=O)[C@@H](NC(=O)c1ccccc1F)C1CCN(C(=O)c2ccccc2F)CC1. The van der Waals surface area contributed by atoms with E-state index in [1.165, 1.54) is 48.4 Å². The largest absolute Gasteiger partial charge is 0.383 e. The summed E-state index contributed by atoms with van der Waals surface area (Å²) < 4.78 is 33.0. The second kappa shape index (κ2) is 11.5. The molecule has 9 heteroatoms. The highest BCUT2D eigenvalue weighted by molar-refractivity contribution is 5.98. The molecule has 0 saturated carbocycles. The third kappa shape index (κ3) is 6.13. The first kappa shape index (κ1) is 24.3. The molecule has 0 radical (unpaired) electrons. The summed E-state index contributed by atoms with van der Waals surface area (Å²) in [5.41, 5.74) is -0.156. The van der Waals surface area contributed by atoms with Crippen LogP contribution >= 0.6 is 0 Å². The van der Waals surface area contributed by atoms with E-state index in [2.05, 4.69) is 10.6 Å². The molecule has 1 saturated heterocycles. The molecular weight excluding hydrogens is 432 g/mol. The quantitative estimate of drug-likeness (QED) is 0.594. The molecule has 1 atom stereocenters. The zero-order valence-corrected chi connectivity index (χ0v) is 18.4. The molecule has 1 fully saturated rings. The molecule has 0 aliphatic carbocycles. The van der Waals surface area contributed by atoms with Crippen molar-refractivity contribution in [2.75, 3.05) is 33.4 Å². The van der Waals surface area contributed by atoms with Crippen molar-refractivity contribution in [1.29, 1.82) is 0 Å². The fourth-order valence-electron chi connectivity index (χ4n) is 3.89. The molecule has 1 aliphatic heterocycles. The predicted octanol–water partition coefficient (Wildman–Crippen LogP) is 2.38. The summed E-state index contributed by atoms with van der Waals surface area (Å²) >= 11 is 0. The van der Waals surface area contributed by atoms with Crippen LogP contribution in [0.2, 0.25) is 0 Å². The fourth-order valence-corrected chi connectivity index (χ4v) is 3.89. The Hall–Kier alpha value is -3.33. The Balaban J connectivity index is 1.70. The number of hydrogen-bond donors (Lipinski definition) is 2. The van der Waals surface area contributed by atoms with E-state index in [4.69, 9.17) is 4.74 Å². The molecule has 0 aromatic heterocycles. The molecule has 0 unspecified atom stereocenters. The first-order valence-electron chi connectivity index (χ1n) is 10.8. The molecule has 176 valence electrons. The third-order valence-corrected chi connectivity index (χ3v) is 5.70. The maximum atomic E-state index is 14.1. The lowest BCUT2D eigenvalue weighted by Crippen LogP contribution is -2.54. The molecule has 3 amide bonds. The van der Waals surface area contributed by atoms with Crippen LogP contribution in [0, 0.1) is 17.6 Å². The lowest BCUT2D eigenvalue weighted by molar-refractivity contribution is -0.124. The summed E-state index contributed by atoms with van der Waals surface area (Å²) in [6.07, 6.45) is 0.834. The number of halogens is 2. The highest BCUT2D eigenvalue weighted by atomic mass is 19.1. The molecule has 1 heterocycles. The number of amides is 3. The number of piperidine rings is 1. The van der Waals surface area contributed by atoms with Crippen LogP contribution in [0.1, 0.15) is 33.6 Å². The second-order valence-corrected chi connectivity index (χ2v) is 7.82. The van der Waals surface area contributed by atoms with Gasteiger partial charge in [0.25, 0.3) is 11.8 Å². The minimum absolute atomic E-state index is 0.00216. The maximum Gasteiger partial charge on any atom is 0.256 e. The van der Waals surface area contributed by atoms with Gasteiger partial charge in [0.15, 0.2) is 0 Å². The number of carbonyl (C=O) groups excluding carboxylic acids is 3. The molecular formula is C24H27F2N3O4. The normalized spacial score (nSPS) is 15.1. The van der Waals surface area contributed by atoms with Gasteiger partial charge in [-0.3, -0.25) is 14.4 Å². The van der Waals surface area contributed by atoms with Gasteiger partial charge in [0, 0.05) is 26.7 Å². The first-order valence-corrected chi connectivity index (χ1v) is 10.8. The van der Waals surface area contributed by atoms with Crippen LogP contribution in [0.5, 0.6) is 0 Å². The van der Waals surface area contributed by atoms with Crippen LogP contribution in [0.25, 0.3) is 0 Å². The number of nitrogens with zero attached hydrogens (tertiary/aromatic N) is 1. The van der Waals surface area contributed by atoms with Gasteiger partial charge in [0.1, 0.15) is 17.7 Å². The number of carbonyl (C=O) groups is 3. The zero-order valence-electron chi connectivity index (χ0n) is 18.4. The van der Waals surface area contributed by atoms with Crippen LogP contribution < -0.4 is 10.6 Å². The first-order chi connectivity index (χ1) is 15.9. The van der Waals surface area contributed by atoms with Crippen LogP contribution in [0.3, 0.4) is 0 Å². The van der Waals surface area contributed by atoms with Crippen molar-refractivity contribution >= 4 is 17.7 Å². The van der Waals surface area contributed by atoms with Gasteiger partial charge >= 0.3 is 0 Å². The van der Waals surface area contributed by atoms with Crippen molar-refractivity contribution in [3.8, 4) is 0 Å². The third-order valence-electron chi connectivity index (χ3n) is 5.70. The van der Waals surface area contributed by atoms with E-state index in [1.807, 2.05) is 0 Å². The van der Waals surface area contributed by atoms with Gasteiger partial charge in [-0.25, -0.2) is 8.78 Å². The summed E-state index contributed by atoms with van der Waals surface area (Å²) in [5.74, 6) is -3.06. The van der Waals surface area contributed by atoms with E-state index in [1.54, 1.807) is 12.1 Å². The number of likely N-dealkylation sites (tertiary alicyclic amines) is 1. The van der Waals surface area contributed by atoms with Crippen molar-refractivity contribution in [3.63, 3.8) is 0 Å². The Morgan fingerprint density at radius 2 is 1.58 bits per heavy atom. The van der Waals surface area contributed by atoms with Crippen LogP contribution in [-0.4, -0.2) is 62.0 Å². The maximum absolute atomic E-state index is 14.1. The Kier molecular flexibility index (Phi) is 8.48. The van der Waals surface area contributed by atoms with Crippen molar-refractivity contribution in [2.45, 2.75) is 18.9 Å². The molecule has 3 rings (SSSR count). The van der Waals surface area contributed by atoms with Gasteiger partial charge in [-0.05, 0) is 43.0 Å². The lowest BCUT2D eigenvalue weighted by atomic mass is 9.88. The van der Waals surface area contributed by atoms with E-state index in [0.29, 0.717) is 32.5 Å². The number of ether oxygens (including phenoxy) is 1. The number of hydrogen-bond acceptors (Lipinski definition) is 4. The van der Waals surface area contributed by atoms with E-state index in [9.17, 15) is 23.2 Å². The van der Waals surface area contributed by atoms with E-state index < -0.39 is 35.4 Å². The van der Waals surface area contributed by atoms with Crippen molar-refractivity contribution < 1.29 is 27.9 Å². The Morgan fingerprint density at radius 1 is 1.00 bits per heavy atom. The van der Waals surface area contributed by atoms with Crippen molar-refractivity contribution in [1.82, 2.24) is 15.5 Å².